The van der Waals surface area contributed by atoms with Crippen molar-refractivity contribution >= 4 is 16.8 Å². The molecule has 5 nitrogen and oxygen atoms in total. The van der Waals surface area contributed by atoms with E-state index < -0.39 is 0 Å². The van der Waals surface area contributed by atoms with E-state index >= 15 is 0 Å². The van der Waals surface area contributed by atoms with Crippen molar-refractivity contribution in [3.05, 3.63) is 30.0 Å². The Bertz CT molecular complexity index is 843. The lowest BCUT2D eigenvalue weighted by atomic mass is 9.56. The van der Waals surface area contributed by atoms with Crippen molar-refractivity contribution in [1.29, 1.82) is 0 Å². The third-order valence-corrected chi connectivity index (χ3v) is 6.69. The third kappa shape index (κ3) is 3.45. The van der Waals surface area contributed by atoms with Gasteiger partial charge in [0.25, 0.3) is 0 Å². The number of carbonyl (C=O) groups is 1. The molecule has 152 valence electrons. The van der Waals surface area contributed by atoms with Gasteiger partial charge >= 0.3 is 0 Å². The number of aliphatic hydroxyl groups excluding tert-OH is 1. The van der Waals surface area contributed by atoms with Crippen LogP contribution in [0.5, 0.6) is 0 Å². The molecule has 0 radical (unpaired) electrons. The number of carbonyl (C=O) groups excluding carboxylic acids is 1. The highest BCUT2D eigenvalue weighted by Crippen LogP contribution is 2.53. The molecule has 1 aromatic carbocycles. The summed E-state index contributed by atoms with van der Waals surface area (Å²) in [5, 5.41) is 15.2. The van der Waals surface area contributed by atoms with E-state index in [0.717, 1.165) is 38.3 Å². The van der Waals surface area contributed by atoms with E-state index in [9.17, 15) is 9.90 Å². The Kier molecular flexibility index (Phi) is 5.21. The monoisotopic (exact) mass is 383 g/mol. The van der Waals surface area contributed by atoms with E-state index in [0.29, 0.717) is 11.5 Å². The number of hydrogen-bond donors (Lipinski definition) is 1. The Hall–Kier alpha value is -1.88. The fourth-order valence-corrected chi connectivity index (χ4v) is 5.34. The predicted octanol–water partition coefficient (Wildman–Crippen LogP) is 3.81. The number of rotatable bonds is 7. The predicted molar refractivity (Wildman–Crippen MR) is 111 cm³/mol. The highest BCUT2D eigenvalue weighted by Gasteiger charge is 2.53. The molecule has 1 spiro atoms. The normalized spacial score (nSPS) is 19.8. The highest BCUT2D eigenvalue weighted by molar-refractivity contribution is 5.80. The summed E-state index contributed by atoms with van der Waals surface area (Å²) in [7, 11) is 0. The van der Waals surface area contributed by atoms with Crippen LogP contribution in [0, 0.1) is 17.3 Å². The van der Waals surface area contributed by atoms with Crippen LogP contribution in [-0.2, 0) is 11.2 Å². The fourth-order valence-electron chi connectivity index (χ4n) is 5.34. The third-order valence-electron chi connectivity index (χ3n) is 6.69. The van der Waals surface area contributed by atoms with Gasteiger partial charge in [-0.15, -0.1) is 0 Å². The standard InChI is InChI=1S/C23H33N3O2/c1-4-5-20(13-27)22(28)25-14-23(15-25)10-18(11-23)8-17-6-7-19-12-24-26(16(2)3)21(19)9-17/h6-7,9,12,16,18,20,27H,4-5,8,10-11,13-15H2,1-3H3/t20-/m1/s1. The molecule has 2 aliphatic rings. The molecule has 0 bridgehead atoms. The molecule has 1 aromatic heterocycles. The first-order valence-electron chi connectivity index (χ1n) is 10.8. The Balaban J connectivity index is 1.31. The second-order valence-electron chi connectivity index (χ2n) is 9.42. The van der Waals surface area contributed by atoms with Crippen molar-refractivity contribution in [3.63, 3.8) is 0 Å². The highest BCUT2D eigenvalue weighted by atomic mass is 16.3. The maximum Gasteiger partial charge on any atom is 0.228 e. The maximum atomic E-state index is 12.5. The molecule has 1 amide bonds. The van der Waals surface area contributed by atoms with Crippen LogP contribution < -0.4 is 0 Å². The van der Waals surface area contributed by atoms with Crippen LogP contribution in [-0.4, -0.2) is 45.4 Å². The molecule has 2 fully saturated rings. The number of amides is 1. The largest absolute Gasteiger partial charge is 0.396 e. The number of likely N-dealkylation sites (tertiary alicyclic amines) is 1. The van der Waals surface area contributed by atoms with Gasteiger partial charge in [0.2, 0.25) is 5.91 Å². The zero-order valence-electron chi connectivity index (χ0n) is 17.4. The zero-order chi connectivity index (χ0) is 19.9. The lowest BCUT2D eigenvalue weighted by Crippen LogP contribution is -2.65. The summed E-state index contributed by atoms with van der Waals surface area (Å²) >= 11 is 0. The number of aliphatic hydroxyl groups is 1. The molecule has 0 unspecified atom stereocenters. The lowest BCUT2D eigenvalue weighted by Gasteiger charge is -2.59. The van der Waals surface area contributed by atoms with Gasteiger partial charge in [-0.25, -0.2) is 0 Å². The van der Waals surface area contributed by atoms with Crippen molar-refractivity contribution in [2.24, 2.45) is 17.3 Å². The molecular formula is C23H33N3O2. The minimum atomic E-state index is -0.198. The molecule has 1 aliphatic carbocycles. The van der Waals surface area contributed by atoms with Crippen LogP contribution in [0.2, 0.25) is 0 Å². The molecule has 2 heterocycles. The maximum absolute atomic E-state index is 12.5. The second-order valence-corrected chi connectivity index (χ2v) is 9.42. The molecule has 1 aliphatic heterocycles. The Morgan fingerprint density at radius 1 is 1.32 bits per heavy atom. The summed E-state index contributed by atoms with van der Waals surface area (Å²) in [4.78, 5) is 14.5. The molecule has 2 aromatic rings. The number of hydrogen-bond acceptors (Lipinski definition) is 3. The topological polar surface area (TPSA) is 58.4 Å². The first-order valence-corrected chi connectivity index (χ1v) is 10.8. The number of fused-ring (bicyclic) bond motifs is 1. The fraction of sp³-hybridized carbons (Fsp3) is 0.652. The Morgan fingerprint density at radius 2 is 2.07 bits per heavy atom. The van der Waals surface area contributed by atoms with E-state index in [1.807, 2.05) is 11.1 Å². The van der Waals surface area contributed by atoms with E-state index in [1.54, 1.807) is 0 Å². The van der Waals surface area contributed by atoms with Gasteiger partial charge in [0.1, 0.15) is 0 Å². The summed E-state index contributed by atoms with van der Waals surface area (Å²) in [6.07, 6.45) is 7.24. The van der Waals surface area contributed by atoms with E-state index in [4.69, 9.17) is 0 Å². The number of nitrogens with zero attached hydrogens (tertiary/aromatic N) is 3. The minimum Gasteiger partial charge on any atom is -0.396 e. The van der Waals surface area contributed by atoms with Crippen LogP contribution >= 0.6 is 0 Å². The van der Waals surface area contributed by atoms with E-state index in [-0.39, 0.29) is 18.4 Å². The molecular weight excluding hydrogens is 350 g/mol. The van der Waals surface area contributed by atoms with Crippen molar-refractivity contribution in [2.45, 2.75) is 58.9 Å². The van der Waals surface area contributed by atoms with Gasteiger partial charge in [-0.1, -0.05) is 25.5 Å². The van der Waals surface area contributed by atoms with Gasteiger partial charge in [0.05, 0.1) is 24.2 Å². The van der Waals surface area contributed by atoms with Crippen LogP contribution in [0.4, 0.5) is 0 Å². The molecule has 1 atom stereocenters. The molecule has 4 rings (SSSR count). The van der Waals surface area contributed by atoms with E-state index in [1.165, 1.54) is 29.3 Å². The van der Waals surface area contributed by atoms with Gasteiger partial charge in [-0.05, 0) is 57.1 Å². The van der Waals surface area contributed by atoms with Crippen LogP contribution in [0.3, 0.4) is 0 Å². The number of aromatic nitrogens is 2. The Labute approximate surface area is 167 Å². The quantitative estimate of drug-likeness (QED) is 0.791. The second kappa shape index (κ2) is 7.51. The summed E-state index contributed by atoms with van der Waals surface area (Å²) in [6, 6.07) is 7.11. The molecule has 1 N–H and O–H groups in total. The molecule has 28 heavy (non-hydrogen) atoms. The zero-order valence-corrected chi connectivity index (χ0v) is 17.4. The van der Waals surface area contributed by atoms with Crippen LogP contribution in [0.1, 0.15) is 58.1 Å². The van der Waals surface area contributed by atoms with Gasteiger partial charge in [0.15, 0.2) is 0 Å². The minimum absolute atomic E-state index is 0.0196. The van der Waals surface area contributed by atoms with Crippen molar-refractivity contribution in [3.8, 4) is 0 Å². The summed E-state index contributed by atoms with van der Waals surface area (Å²) in [5.41, 5.74) is 2.98. The van der Waals surface area contributed by atoms with Crippen molar-refractivity contribution in [2.75, 3.05) is 19.7 Å². The van der Waals surface area contributed by atoms with Gasteiger partial charge < -0.3 is 10.0 Å². The van der Waals surface area contributed by atoms with Crippen molar-refractivity contribution in [1.82, 2.24) is 14.7 Å². The van der Waals surface area contributed by atoms with E-state index in [2.05, 4.69) is 48.8 Å². The van der Waals surface area contributed by atoms with Crippen LogP contribution in [0.15, 0.2) is 24.4 Å². The smallest absolute Gasteiger partial charge is 0.228 e. The lowest BCUT2D eigenvalue weighted by molar-refractivity contribution is -0.160. The Morgan fingerprint density at radius 3 is 2.71 bits per heavy atom. The van der Waals surface area contributed by atoms with Gasteiger partial charge in [0, 0.05) is 29.9 Å². The first-order chi connectivity index (χ1) is 13.4. The average Bonchev–Trinajstić information content (AvgIpc) is 3.03. The molecule has 1 saturated carbocycles. The summed E-state index contributed by atoms with van der Waals surface area (Å²) in [5.74, 6) is 0.677. The molecule has 5 heteroatoms. The van der Waals surface area contributed by atoms with Gasteiger partial charge in [-0.2, -0.15) is 5.10 Å². The number of benzene rings is 1. The average molecular weight is 384 g/mol. The summed E-state index contributed by atoms with van der Waals surface area (Å²) < 4.78 is 2.10. The van der Waals surface area contributed by atoms with Crippen molar-refractivity contribution < 1.29 is 9.90 Å². The van der Waals surface area contributed by atoms with Crippen LogP contribution in [0.25, 0.3) is 10.9 Å². The SMILES string of the molecule is CCC[C@H](CO)C(=O)N1CC2(CC(Cc3ccc4cnn(C(C)C)c4c3)C2)C1. The molecule has 1 saturated heterocycles. The van der Waals surface area contributed by atoms with Gasteiger partial charge in [-0.3, -0.25) is 9.48 Å². The summed E-state index contributed by atoms with van der Waals surface area (Å²) in [6.45, 7) is 8.16. The first kappa shape index (κ1) is 19.4.